The van der Waals surface area contributed by atoms with Gasteiger partial charge in [-0.15, -0.1) is 0 Å². The van der Waals surface area contributed by atoms with E-state index in [9.17, 15) is 14.4 Å². The molecule has 3 aromatic rings. The molecule has 0 heterocycles. The molecule has 0 bridgehead atoms. The monoisotopic (exact) mass is 529 g/mol. The minimum Gasteiger partial charge on any atom is -0.494 e. The summed E-state index contributed by atoms with van der Waals surface area (Å²) in [5, 5.41) is 6.68. The topological polar surface area (TPSA) is 115 Å². The van der Waals surface area contributed by atoms with Gasteiger partial charge in [-0.2, -0.15) is 5.10 Å². The summed E-state index contributed by atoms with van der Waals surface area (Å²) in [5.74, 6) is -1.47. The molecular weight excluding hydrogens is 509 g/mol. The Morgan fingerprint density at radius 3 is 2.39 bits per heavy atom. The summed E-state index contributed by atoms with van der Waals surface area (Å²) in [6.45, 7) is 2.39. The van der Waals surface area contributed by atoms with Gasteiger partial charge in [0.1, 0.15) is 5.75 Å². The highest BCUT2D eigenvalue weighted by Gasteiger charge is 2.15. The number of halogens is 2. The van der Waals surface area contributed by atoms with Crippen LogP contribution in [0.15, 0.2) is 65.8 Å². The zero-order valence-electron chi connectivity index (χ0n) is 19.2. The Morgan fingerprint density at radius 2 is 1.69 bits per heavy atom. The first-order valence-corrected chi connectivity index (χ1v) is 11.3. The normalized spacial score (nSPS) is 10.6. The van der Waals surface area contributed by atoms with Crippen molar-refractivity contribution in [1.29, 1.82) is 0 Å². The molecule has 0 aliphatic carbocycles. The summed E-state index contributed by atoms with van der Waals surface area (Å²) >= 11 is 11.8. The molecule has 0 saturated heterocycles. The van der Waals surface area contributed by atoms with Gasteiger partial charge in [-0.05, 0) is 73.2 Å². The maximum Gasteiger partial charge on any atom is 0.343 e. The van der Waals surface area contributed by atoms with Crippen LogP contribution >= 0.6 is 23.2 Å². The lowest BCUT2D eigenvalue weighted by atomic mass is 10.2. The summed E-state index contributed by atoms with van der Waals surface area (Å²) in [7, 11) is 1.41. The summed E-state index contributed by atoms with van der Waals surface area (Å²) in [6, 6.07) is 15.6. The van der Waals surface area contributed by atoms with Crippen molar-refractivity contribution in [3.05, 3.63) is 81.8 Å². The zero-order valence-corrected chi connectivity index (χ0v) is 20.7. The van der Waals surface area contributed by atoms with Gasteiger partial charge < -0.3 is 19.5 Å². The fourth-order valence-electron chi connectivity index (χ4n) is 2.85. The third-order valence-corrected chi connectivity index (χ3v) is 5.12. The number of methoxy groups -OCH3 is 1. The van der Waals surface area contributed by atoms with Gasteiger partial charge in [0.15, 0.2) is 11.5 Å². The molecular formula is C25H21Cl2N3O6. The second-order valence-corrected chi connectivity index (χ2v) is 7.88. The lowest BCUT2D eigenvalue weighted by Crippen LogP contribution is -2.32. The number of amides is 2. The van der Waals surface area contributed by atoms with E-state index in [4.69, 9.17) is 37.4 Å². The number of benzene rings is 3. The molecule has 3 aromatic carbocycles. The van der Waals surface area contributed by atoms with E-state index >= 15 is 0 Å². The summed E-state index contributed by atoms with van der Waals surface area (Å²) in [5.41, 5.74) is 3.14. The van der Waals surface area contributed by atoms with Gasteiger partial charge in [0.25, 0.3) is 0 Å². The molecule has 0 saturated carbocycles. The van der Waals surface area contributed by atoms with Crippen molar-refractivity contribution in [3.63, 3.8) is 0 Å². The molecule has 2 amide bonds. The predicted octanol–water partition coefficient (Wildman–Crippen LogP) is 4.71. The molecule has 9 nitrogen and oxygen atoms in total. The summed E-state index contributed by atoms with van der Waals surface area (Å²) < 4.78 is 16.1. The first kappa shape index (κ1) is 26.5. The van der Waals surface area contributed by atoms with Crippen LogP contribution in [0.5, 0.6) is 17.2 Å². The van der Waals surface area contributed by atoms with E-state index in [1.54, 1.807) is 42.5 Å². The number of hydrogen-bond donors (Lipinski definition) is 2. The highest BCUT2D eigenvalue weighted by Crippen LogP contribution is 2.29. The van der Waals surface area contributed by atoms with E-state index in [-0.39, 0.29) is 22.2 Å². The van der Waals surface area contributed by atoms with Gasteiger partial charge >= 0.3 is 17.8 Å². The van der Waals surface area contributed by atoms with E-state index in [1.807, 2.05) is 6.92 Å². The fourth-order valence-corrected chi connectivity index (χ4v) is 3.19. The van der Waals surface area contributed by atoms with E-state index < -0.39 is 17.8 Å². The number of rotatable bonds is 8. The van der Waals surface area contributed by atoms with Crippen LogP contribution in [0.3, 0.4) is 0 Å². The van der Waals surface area contributed by atoms with E-state index in [0.29, 0.717) is 28.5 Å². The SMILES string of the molecule is CCOc1ccc(C(=O)Oc2ccc(/C=N\NC(=O)C(=O)Nc3cc(Cl)ccc3Cl)cc2OC)cc1. The number of carbonyl (C=O) groups excluding carboxylic acids is 3. The number of esters is 1. The molecule has 186 valence electrons. The van der Waals surface area contributed by atoms with Crippen LogP contribution in [-0.4, -0.2) is 37.7 Å². The molecule has 0 radical (unpaired) electrons. The van der Waals surface area contributed by atoms with Gasteiger partial charge in [0.2, 0.25) is 0 Å². The maximum absolute atomic E-state index is 12.5. The van der Waals surface area contributed by atoms with Gasteiger partial charge in [0.05, 0.1) is 36.2 Å². The third kappa shape index (κ3) is 7.21. The maximum atomic E-state index is 12.5. The molecule has 0 aromatic heterocycles. The van der Waals surface area contributed by atoms with Crippen LogP contribution in [0.1, 0.15) is 22.8 Å². The third-order valence-electron chi connectivity index (χ3n) is 4.55. The molecule has 11 heteroatoms. The summed E-state index contributed by atoms with van der Waals surface area (Å²) in [6.07, 6.45) is 1.29. The van der Waals surface area contributed by atoms with Gasteiger partial charge in [-0.1, -0.05) is 23.2 Å². The van der Waals surface area contributed by atoms with Crippen LogP contribution in [0.2, 0.25) is 10.0 Å². The van der Waals surface area contributed by atoms with Gasteiger partial charge in [0, 0.05) is 5.02 Å². The molecule has 0 spiro atoms. The number of nitrogens with zero attached hydrogens (tertiary/aromatic N) is 1. The smallest absolute Gasteiger partial charge is 0.343 e. The minimum absolute atomic E-state index is 0.188. The fraction of sp³-hybridized carbons (Fsp3) is 0.120. The molecule has 2 N–H and O–H groups in total. The molecule has 0 atom stereocenters. The number of nitrogens with one attached hydrogen (secondary N) is 2. The minimum atomic E-state index is -1.02. The molecule has 0 aliphatic heterocycles. The quantitative estimate of drug-likeness (QED) is 0.143. The Morgan fingerprint density at radius 1 is 0.944 bits per heavy atom. The number of carbonyl (C=O) groups is 3. The van der Waals surface area contributed by atoms with Crippen molar-refractivity contribution in [2.45, 2.75) is 6.92 Å². The van der Waals surface area contributed by atoms with Crippen LogP contribution in [-0.2, 0) is 9.59 Å². The van der Waals surface area contributed by atoms with Crippen molar-refractivity contribution < 1.29 is 28.6 Å². The zero-order chi connectivity index (χ0) is 26.1. The average Bonchev–Trinajstić information content (AvgIpc) is 2.87. The van der Waals surface area contributed by atoms with Crippen molar-refractivity contribution in [2.24, 2.45) is 5.10 Å². The molecule has 0 fully saturated rings. The predicted molar refractivity (Wildman–Crippen MR) is 136 cm³/mol. The molecule has 0 aliphatic rings. The number of hydrogen-bond acceptors (Lipinski definition) is 7. The first-order chi connectivity index (χ1) is 17.3. The van der Waals surface area contributed by atoms with Crippen molar-refractivity contribution in [1.82, 2.24) is 5.43 Å². The van der Waals surface area contributed by atoms with Crippen LogP contribution in [0, 0.1) is 0 Å². The van der Waals surface area contributed by atoms with Gasteiger partial charge in [-0.3, -0.25) is 9.59 Å². The van der Waals surface area contributed by atoms with Crippen LogP contribution in [0.4, 0.5) is 5.69 Å². The Balaban J connectivity index is 1.60. The highest BCUT2D eigenvalue weighted by molar-refractivity contribution is 6.42. The van der Waals surface area contributed by atoms with Crippen molar-refractivity contribution >= 4 is 52.9 Å². The molecule has 0 unspecified atom stereocenters. The van der Waals surface area contributed by atoms with Crippen LogP contribution < -0.4 is 25.0 Å². The largest absolute Gasteiger partial charge is 0.494 e. The van der Waals surface area contributed by atoms with E-state index in [0.717, 1.165) is 0 Å². The second-order valence-electron chi connectivity index (χ2n) is 7.03. The molecule has 36 heavy (non-hydrogen) atoms. The van der Waals surface area contributed by atoms with Crippen molar-refractivity contribution in [3.8, 4) is 17.2 Å². The van der Waals surface area contributed by atoms with E-state index in [2.05, 4.69) is 15.8 Å². The Kier molecular flexibility index (Phi) is 9.26. The lowest BCUT2D eigenvalue weighted by Gasteiger charge is -2.10. The average molecular weight is 530 g/mol. The van der Waals surface area contributed by atoms with Crippen molar-refractivity contribution in [2.75, 3.05) is 19.0 Å². The Labute approximate surface area is 216 Å². The number of ether oxygens (including phenoxy) is 3. The Bertz CT molecular complexity index is 1300. The first-order valence-electron chi connectivity index (χ1n) is 10.5. The van der Waals surface area contributed by atoms with E-state index in [1.165, 1.54) is 31.5 Å². The van der Waals surface area contributed by atoms with Crippen LogP contribution in [0.25, 0.3) is 0 Å². The second kappa shape index (κ2) is 12.6. The highest BCUT2D eigenvalue weighted by atomic mass is 35.5. The number of anilines is 1. The standard InChI is InChI=1S/C25H21Cl2N3O6/c1-3-35-18-8-5-16(6-9-18)25(33)36-21-11-4-15(12-22(21)34-2)14-28-30-24(32)23(31)29-20-13-17(26)7-10-19(20)27/h4-14H,3H2,1-2H3,(H,29,31)(H,30,32)/b28-14-. The summed E-state index contributed by atoms with van der Waals surface area (Å²) in [4.78, 5) is 36.6. The Hall–Kier alpha value is -4.08. The lowest BCUT2D eigenvalue weighted by molar-refractivity contribution is -0.136. The molecule has 3 rings (SSSR count). The number of hydrazone groups is 1. The van der Waals surface area contributed by atoms with Gasteiger partial charge in [-0.25, -0.2) is 10.2 Å².